The molecule has 1 aliphatic carbocycles. The lowest BCUT2D eigenvalue weighted by molar-refractivity contribution is 1.03. The van der Waals surface area contributed by atoms with E-state index in [2.05, 4.69) is 209 Å². The van der Waals surface area contributed by atoms with Crippen molar-refractivity contribution in [3.8, 4) is 45.0 Å². The van der Waals surface area contributed by atoms with E-state index in [1.807, 2.05) is 0 Å². The number of hydrogen-bond donors (Lipinski definition) is 0. The van der Waals surface area contributed by atoms with Crippen LogP contribution in [0, 0.1) is 0 Å². The predicted octanol–water partition coefficient (Wildman–Crippen LogP) is 14.3. The molecule has 0 unspecified atom stereocenters. The van der Waals surface area contributed by atoms with Gasteiger partial charge in [-0.3, -0.25) is 0 Å². The van der Waals surface area contributed by atoms with Gasteiger partial charge in [-0.2, -0.15) is 0 Å². The molecule has 3 aromatic heterocycles. The van der Waals surface area contributed by atoms with Crippen LogP contribution in [-0.2, 0) is 12.8 Å². The van der Waals surface area contributed by atoms with Crippen LogP contribution in [0.4, 0.5) is 0 Å². The number of nitrogens with zero attached hydrogens (tertiary/aromatic N) is 4. The number of hydrogen-bond acceptors (Lipinski definition) is 2. The summed E-state index contributed by atoms with van der Waals surface area (Å²) in [6.07, 6.45) is 3.44. The molecule has 0 aliphatic heterocycles. The fourth-order valence-corrected chi connectivity index (χ4v) is 10.5. The highest BCUT2D eigenvalue weighted by Crippen LogP contribution is 2.49. The SMILES string of the molecule is c1ccc(-c2ncnc(-c3ccccc3)c2-c2cccc(-n3c4ccccc4c4c5c(c6c7ccccc7n(-c7ccccc7)c6c43)Cc3cc4ccccc4cc3C5)c2)cc1. The lowest BCUT2D eigenvalue weighted by Gasteiger charge is -2.24. The number of fused-ring (bicyclic) bond motifs is 12. The van der Waals surface area contributed by atoms with Crippen LogP contribution in [0.1, 0.15) is 22.3 Å². The summed E-state index contributed by atoms with van der Waals surface area (Å²) in [6.45, 7) is 0. The monoisotopic (exact) mass is 790 g/mol. The molecule has 4 nitrogen and oxygen atoms in total. The maximum absolute atomic E-state index is 4.98. The van der Waals surface area contributed by atoms with Crippen molar-refractivity contribution in [2.24, 2.45) is 0 Å². The molecule has 0 saturated heterocycles. The first-order chi connectivity index (χ1) is 30.8. The third-order valence-corrected chi connectivity index (χ3v) is 13.1. The third-order valence-electron chi connectivity index (χ3n) is 13.1. The zero-order valence-corrected chi connectivity index (χ0v) is 33.8. The van der Waals surface area contributed by atoms with Gasteiger partial charge >= 0.3 is 0 Å². The Hall–Kier alpha value is -8.08. The molecule has 3 heterocycles. The van der Waals surface area contributed by atoms with Crippen LogP contribution >= 0.6 is 0 Å². The molecule has 1 aliphatic rings. The van der Waals surface area contributed by atoms with E-state index in [4.69, 9.17) is 9.97 Å². The molecule has 290 valence electrons. The van der Waals surface area contributed by atoms with Crippen molar-refractivity contribution >= 4 is 54.4 Å². The van der Waals surface area contributed by atoms with E-state index in [0.29, 0.717) is 0 Å². The predicted molar refractivity (Wildman–Crippen MR) is 257 cm³/mol. The minimum atomic E-state index is 0.864. The Kier molecular flexibility index (Phi) is 7.70. The number of rotatable bonds is 5. The molecule has 0 amide bonds. The topological polar surface area (TPSA) is 35.6 Å². The second kappa shape index (κ2) is 13.7. The molecule has 62 heavy (non-hydrogen) atoms. The quantitative estimate of drug-likeness (QED) is 0.174. The number of aromatic nitrogens is 4. The van der Waals surface area contributed by atoms with Gasteiger partial charge in [-0.05, 0) is 87.8 Å². The van der Waals surface area contributed by atoms with Gasteiger partial charge in [0.05, 0.1) is 33.5 Å². The van der Waals surface area contributed by atoms with Crippen molar-refractivity contribution < 1.29 is 0 Å². The van der Waals surface area contributed by atoms with Crippen LogP contribution < -0.4 is 0 Å². The molecule has 0 atom stereocenters. The number of benzene rings is 9. The van der Waals surface area contributed by atoms with Gasteiger partial charge in [-0.15, -0.1) is 0 Å². The van der Waals surface area contributed by atoms with Gasteiger partial charge < -0.3 is 9.13 Å². The summed E-state index contributed by atoms with van der Waals surface area (Å²) in [5.41, 5.74) is 18.7. The van der Waals surface area contributed by atoms with Crippen LogP contribution in [-0.4, -0.2) is 19.1 Å². The smallest absolute Gasteiger partial charge is 0.116 e. The minimum Gasteiger partial charge on any atom is -0.307 e. The lowest BCUT2D eigenvalue weighted by Crippen LogP contribution is -2.10. The Bertz CT molecular complexity index is 3670. The second-order valence-electron chi connectivity index (χ2n) is 16.5. The molecule has 12 aromatic rings. The summed E-state index contributed by atoms with van der Waals surface area (Å²) in [7, 11) is 0. The lowest BCUT2D eigenvalue weighted by atomic mass is 9.80. The summed E-state index contributed by atoms with van der Waals surface area (Å²) in [6, 6.07) is 72.7. The van der Waals surface area contributed by atoms with E-state index in [0.717, 1.165) is 57.9 Å². The van der Waals surface area contributed by atoms with Crippen LogP contribution in [0.15, 0.2) is 207 Å². The van der Waals surface area contributed by atoms with E-state index >= 15 is 0 Å². The fraction of sp³-hybridized carbons (Fsp3) is 0.0345. The Morgan fingerprint density at radius 1 is 0.371 bits per heavy atom. The summed E-state index contributed by atoms with van der Waals surface area (Å²) < 4.78 is 5.06. The van der Waals surface area contributed by atoms with E-state index < -0.39 is 0 Å². The fourth-order valence-electron chi connectivity index (χ4n) is 10.5. The van der Waals surface area contributed by atoms with Gasteiger partial charge in [0.15, 0.2) is 0 Å². The molecule has 0 bridgehead atoms. The van der Waals surface area contributed by atoms with Crippen molar-refractivity contribution in [1.82, 2.24) is 19.1 Å². The van der Waals surface area contributed by atoms with Crippen LogP contribution in [0.2, 0.25) is 0 Å². The molecule has 9 aromatic carbocycles. The van der Waals surface area contributed by atoms with Gasteiger partial charge in [-0.1, -0.05) is 164 Å². The van der Waals surface area contributed by atoms with E-state index in [1.165, 1.54) is 76.6 Å². The maximum atomic E-state index is 4.98. The molecule has 0 spiro atoms. The van der Waals surface area contributed by atoms with Crippen molar-refractivity contribution in [3.63, 3.8) is 0 Å². The van der Waals surface area contributed by atoms with Crippen LogP contribution in [0.3, 0.4) is 0 Å². The van der Waals surface area contributed by atoms with Crippen molar-refractivity contribution in [1.29, 1.82) is 0 Å². The van der Waals surface area contributed by atoms with Crippen molar-refractivity contribution in [3.05, 3.63) is 229 Å². The summed E-state index contributed by atoms with van der Waals surface area (Å²) in [5, 5.41) is 7.79. The second-order valence-corrected chi connectivity index (χ2v) is 16.5. The van der Waals surface area contributed by atoms with Gasteiger partial charge in [0.2, 0.25) is 0 Å². The zero-order chi connectivity index (χ0) is 40.7. The average Bonchev–Trinajstić information content (AvgIpc) is 3.88. The van der Waals surface area contributed by atoms with E-state index in [-0.39, 0.29) is 0 Å². The molecule has 0 N–H and O–H groups in total. The molecule has 0 radical (unpaired) electrons. The maximum Gasteiger partial charge on any atom is 0.116 e. The van der Waals surface area contributed by atoms with Crippen LogP contribution in [0.25, 0.3) is 99.4 Å². The average molecular weight is 791 g/mol. The summed E-state index contributed by atoms with van der Waals surface area (Å²) >= 11 is 0. The highest BCUT2D eigenvalue weighted by Gasteiger charge is 2.30. The first kappa shape index (κ1) is 34.8. The Morgan fingerprint density at radius 2 is 0.806 bits per heavy atom. The Morgan fingerprint density at radius 3 is 1.35 bits per heavy atom. The Balaban J connectivity index is 1.17. The molecule has 0 fully saturated rings. The molecule has 13 rings (SSSR count). The zero-order valence-electron chi connectivity index (χ0n) is 33.8. The van der Waals surface area contributed by atoms with Gasteiger partial charge in [0.25, 0.3) is 0 Å². The Labute approximate surface area is 358 Å². The van der Waals surface area contributed by atoms with Crippen molar-refractivity contribution in [2.75, 3.05) is 0 Å². The summed E-state index contributed by atoms with van der Waals surface area (Å²) in [4.78, 5) is 9.96. The van der Waals surface area contributed by atoms with E-state index in [1.54, 1.807) is 6.33 Å². The molecule has 0 saturated carbocycles. The van der Waals surface area contributed by atoms with Gasteiger partial charge in [0.1, 0.15) is 6.33 Å². The summed E-state index contributed by atoms with van der Waals surface area (Å²) in [5.74, 6) is 0. The molecular formula is C58H38N4. The van der Waals surface area contributed by atoms with E-state index in [9.17, 15) is 0 Å². The third kappa shape index (κ3) is 5.20. The molecular weight excluding hydrogens is 753 g/mol. The first-order valence-corrected chi connectivity index (χ1v) is 21.4. The first-order valence-electron chi connectivity index (χ1n) is 21.4. The largest absolute Gasteiger partial charge is 0.307 e. The van der Waals surface area contributed by atoms with Crippen molar-refractivity contribution in [2.45, 2.75) is 12.8 Å². The van der Waals surface area contributed by atoms with Gasteiger partial charge in [-0.25, -0.2) is 9.97 Å². The van der Waals surface area contributed by atoms with Crippen LogP contribution in [0.5, 0.6) is 0 Å². The minimum absolute atomic E-state index is 0.864. The highest BCUT2D eigenvalue weighted by atomic mass is 15.0. The normalized spacial score (nSPS) is 12.4. The number of para-hydroxylation sites is 3. The molecule has 4 heteroatoms. The standard InChI is InChI=1S/C58H38N4/c1-4-17-37(18-5-1)55-52(56(60-36-59-55)38-19-6-2-7-20-38)41-23-16-26-45(33-41)62-51-30-15-13-28-47(51)54-49-35-43-32-40-22-11-10-21-39(40)31-42(43)34-48(49)53-46-27-12-14-29-50(46)61(57(53)58(54)62)44-24-8-3-9-25-44/h1-33,36H,34-35H2. The highest BCUT2D eigenvalue weighted by molar-refractivity contribution is 6.26. The van der Waals surface area contributed by atoms with Gasteiger partial charge in [0, 0.05) is 49.6 Å².